The zero-order valence-corrected chi connectivity index (χ0v) is 8.22. The first kappa shape index (κ1) is 10.5. The Balaban J connectivity index is 4.13. The maximum absolute atomic E-state index is 11.0. The fraction of sp³-hybridized carbons (Fsp3) is 0.889. The van der Waals surface area contributed by atoms with Crippen molar-refractivity contribution in [1.82, 2.24) is 4.90 Å². The molecule has 1 atom stereocenters. The molecule has 0 saturated heterocycles. The van der Waals surface area contributed by atoms with Crippen LogP contribution in [0.5, 0.6) is 0 Å². The minimum atomic E-state index is 0.158. The molecule has 0 radical (unpaired) electrons. The molecule has 0 bridgehead atoms. The first-order valence-corrected chi connectivity index (χ1v) is 4.24. The smallest absolute Gasteiger partial charge is 0.219 e. The highest BCUT2D eigenvalue weighted by Crippen LogP contribution is 2.12. The van der Waals surface area contributed by atoms with Gasteiger partial charge in [-0.05, 0) is 12.3 Å². The van der Waals surface area contributed by atoms with Gasteiger partial charge in [0, 0.05) is 20.0 Å². The Kier molecular flexibility index (Phi) is 4.16. The summed E-state index contributed by atoms with van der Waals surface area (Å²) in [5.41, 5.74) is 0. The predicted octanol–water partition coefficient (Wildman–Crippen LogP) is 1.90. The van der Waals surface area contributed by atoms with Crippen LogP contribution in [0.25, 0.3) is 0 Å². The molecule has 0 N–H and O–H groups in total. The molecular formula is C9H19NO. The van der Waals surface area contributed by atoms with Crippen LogP contribution in [0.3, 0.4) is 0 Å². The number of carbonyl (C=O) groups is 1. The molecule has 0 aromatic carbocycles. The Morgan fingerprint density at radius 1 is 1.45 bits per heavy atom. The quantitative estimate of drug-likeness (QED) is 0.612. The van der Waals surface area contributed by atoms with Crippen molar-refractivity contribution in [2.45, 2.75) is 40.2 Å². The highest BCUT2D eigenvalue weighted by Gasteiger charge is 2.17. The van der Waals surface area contributed by atoms with Gasteiger partial charge in [0.15, 0.2) is 0 Å². The Bertz CT molecular complexity index is 132. The van der Waals surface area contributed by atoms with E-state index in [4.69, 9.17) is 0 Å². The Hall–Kier alpha value is -0.530. The van der Waals surface area contributed by atoms with Gasteiger partial charge in [-0.1, -0.05) is 20.8 Å². The van der Waals surface area contributed by atoms with E-state index in [9.17, 15) is 4.79 Å². The third-order valence-electron chi connectivity index (χ3n) is 2.18. The minimum Gasteiger partial charge on any atom is -0.343 e. The standard InChI is InChI=1S/C9H19NO/c1-6-9(7(2)3)10(5)8(4)11/h7,9H,6H2,1-5H3. The lowest BCUT2D eigenvalue weighted by atomic mass is 10.0. The fourth-order valence-corrected chi connectivity index (χ4v) is 1.43. The van der Waals surface area contributed by atoms with E-state index in [1.54, 1.807) is 6.92 Å². The van der Waals surface area contributed by atoms with Crippen molar-refractivity contribution in [3.8, 4) is 0 Å². The van der Waals surface area contributed by atoms with Crippen molar-refractivity contribution in [3.05, 3.63) is 0 Å². The summed E-state index contributed by atoms with van der Waals surface area (Å²) in [6.07, 6.45) is 1.04. The van der Waals surface area contributed by atoms with E-state index in [-0.39, 0.29) is 5.91 Å². The molecule has 0 heterocycles. The lowest BCUT2D eigenvalue weighted by Crippen LogP contribution is -2.38. The molecular weight excluding hydrogens is 138 g/mol. The van der Waals surface area contributed by atoms with Crippen LogP contribution in [0.1, 0.15) is 34.1 Å². The van der Waals surface area contributed by atoms with E-state index in [0.717, 1.165) is 6.42 Å². The summed E-state index contributed by atoms with van der Waals surface area (Å²) in [5, 5.41) is 0. The lowest BCUT2D eigenvalue weighted by Gasteiger charge is -2.29. The third-order valence-corrected chi connectivity index (χ3v) is 2.18. The number of nitrogens with zero attached hydrogens (tertiary/aromatic N) is 1. The molecule has 0 saturated carbocycles. The largest absolute Gasteiger partial charge is 0.343 e. The monoisotopic (exact) mass is 157 g/mol. The van der Waals surface area contributed by atoms with E-state index in [1.165, 1.54) is 0 Å². The average molecular weight is 157 g/mol. The molecule has 1 unspecified atom stereocenters. The Morgan fingerprint density at radius 3 is 2.00 bits per heavy atom. The van der Waals surface area contributed by atoms with Crippen molar-refractivity contribution in [2.75, 3.05) is 7.05 Å². The maximum atomic E-state index is 11.0. The van der Waals surface area contributed by atoms with Gasteiger partial charge in [0.05, 0.1) is 0 Å². The van der Waals surface area contributed by atoms with Gasteiger partial charge in [-0.3, -0.25) is 4.79 Å². The molecule has 0 aliphatic heterocycles. The van der Waals surface area contributed by atoms with Crippen LogP contribution >= 0.6 is 0 Å². The number of hydrogen-bond donors (Lipinski definition) is 0. The summed E-state index contributed by atoms with van der Waals surface area (Å²) in [5.74, 6) is 0.708. The maximum Gasteiger partial charge on any atom is 0.219 e. The Morgan fingerprint density at radius 2 is 1.91 bits per heavy atom. The molecule has 0 aromatic rings. The van der Waals surface area contributed by atoms with Gasteiger partial charge in [0.1, 0.15) is 0 Å². The zero-order valence-electron chi connectivity index (χ0n) is 8.22. The highest BCUT2D eigenvalue weighted by atomic mass is 16.2. The summed E-state index contributed by atoms with van der Waals surface area (Å²) in [4.78, 5) is 12.8. The van der Waals surface area contributed by atoms with Crippen LogP contribution < -0.4 is 0 Å². The second-order valence-electron chi connectivity index (χ2n) is 3.35. The van der Waals surface area contributed by atoms with Gasteiger partial charge in [-0.2, -0.15) is 0 Å². The first-order chi connectivity index (χ1) is 5.00. The van der Waals surface area contributed by atoms with Crippen molar-refractivity contribution < 1.29 is 4.79 Å². The van der Waals surface area contributed by atoms with Crippen LogP contribution in [0.15, 0.2) is 0 Å². The molecule has 1 amide bonds. The van der Waals surface area contributed by atoms with Gasteiger partial charge in [-0.25, -0.2) is 0 Å². The second kappa shape index (κ2) is 4.37. The van der Waals surface area contributed by atoms with Gasteiger partial charge in [-0.15, -0.1) is 0 Å². The summed E-state index contributed by atoms with van der Waals surface area (Å²) >= 11 is 0. The zero-order chi connectivity index (χ0) is 9.02. The minimum absolute atomic E-state index is 0.158. The van der Waals surface area contributed by atoms with Crippen LogP contribution in [-0.2, 0) is 4.79 Å². The average Bonchev–Trinajstić information content (AvgIpc) is 1.88. The number of carbonyl (C=O) groups excluding carboxylic acids is 1. The van der Waals surface area contributed by atoms with Gasteiger partial charge < -0.3 is 4.90 Å². The van der Waals surface area contributed by atoms with Gasteiger partial charge in [0.2, 0.25) is 5.91 Å². The summed E-state index contributed by atoms with van der Waals surface area (Å²) in [6, 6.07) is 0.396. The van der Waals surface area contributed by atoms with Crippen molar-refractivity contribution >= 4 is 5.91 Å². The first-order valence-electron chi connectivity index (χ1n) is 4.24. The summed E-state index contributed by atoms with van der Waals surface area (Å²) in [6.45, 7) is 8.02. The van der Waals surface area contributed by atoms with Crippen LogP contribution in [0.4, 0.5) is 0 Å². The van der Waals surface area contributed by atoms with E-state index in [1.807, 2.05) is 11.9 Å². The molecule has 0 spiro atoms. The topological polar surface area (TPSA) is 20.3 Å². The van der Waals surface area contributed by atoms with Gasteiger partial charge in [0.25, 0.3) is 0 Å². The van der Waals surface area contributed by atoms with Crippen molar-refractivity contribution in [3.63, 3.8) is 0 Å². The summed E-state index contributed by atoms with van der Waals surface area (Å²) < 4.78 is 0. The lowest BCUT2D eigenvalue weighted by molar-refractivity contribution is -0.130. The molecule has 66 valence electrons. The molecule has 0 fully saturated rings. The molecule has 2 nitrogen and oxygen atoms in total. The fourth-order valence-electron chi connectivity index (χ4n) is 1.43. The predicted molar refractivity (Wildman–Crippen MR) is 47.4 cm³/mol. The molecule has 0 aliphatic rings. The SMILES string of the molecule is CCC(C(C)C)N(C)C(C)=O. The summed E-state index contributed by atoms with van der Waals surface area (Å²) in [7, 11) is 1.87. The highest BCUT2D eigenvalue weighted by molar-refractivity contribution is 5.73. The third kappa shape index (κ3) is 2.91. The van der Waals surface area contributed by atoms with Crippen molar-refractivity contribution in [2.24, 2.45) is 5.92 Å². The molecule has 0 rings (SSSR count). The number of rotatable bonds is 3. The molecule has 11 heavy (non-hydrogen) atoms. The normalized spacial score (nSPS) is 13.3. The van der Waals surface area contributed by atoms with Gasteiger partial charge >= 0.3 is 0 Å². The van der Waals surface area contributed by atoms with E-state index in [0.29, 0.717) is 12.0 Å². The Labute approximate surface area is 69.6 Å². The van der Waals surface area contributed by atoms with Crippen LogP contribution in [0, 0.1) is 5.92 Å². The van der Waals surface area contributed by atoms with E-state index < -0.39 is 0 Å². The number of hydrogen-bond acceptors (Lipinski definition) is 1. The van der Waals surface area contributed by atoms with Crippen molar-refractivity contribution in [1.29, 1.82) is 0 Å². The van der Waals surface area contributed by atoms with E-state index in [2.05, 4.69) is 20.8 Å². The van der Waals surface area contributed by atoms with E-state index >= 15 is 0 Å². The van der Waals surface area contributed by atoms with Crippen LogP contribution in [0.2, 0.25) is 0 Å². The van der Waals surface area contributed by atoms with Crippen LogP contribution in [-0.4, -0.2) is 23.9 Å². The second-order valence-corrected chi connectivity index (χ2v) is 3.35. The molecule has 2 heteroatoms. The molecule has 0 aromatic heterocycles. The number of amides is 1. The molecule has 0 aliphatic carbocycles.